The van der Waals surface area contributed by atoms with Gasteiger partial charge in [0.25, 0.3) is 0 Å². The highest BCUT2D eigenvalue weighted by Gasteiger charge is 2.16. The fraction of sp³-hybridized carbons (Fsp3) is 0.200. The first-order valence-electron chi connectivity index (χ1n) is 6.19. The molecule has 1 aromatic carbocycles. The fourth-order valence-corrected chi connectivity index (χ4v) is 1.97. The molecular formula is C15H14BN3O. The summed E-state index contributed by atoms with van der Waals surface area (Å²) in [5.74, 6) is 0.229. The normalized spacial score (nSPS) is 11.7. The lowest BCUT2D eigenvalue weighted by molar-refractivity contribution is 0.508. The summed E-state index contributed by atoms with van der Waals surface area (Å²) in [6, 6.07) is 11.4. The van der Waals surface area contributed by atoms with E-state index in [9.17, 15) is 5.26 Å². The molecule has 0 N–H and O–H groups in total. The zero-order chi connectivity index (χ0) is 14.7. The zero-order valence-corrected chi connectivity index (χ0v) is 11.7. The smallest absolute Gasteiger partial charge is 0.376 e. The van der Waals surface area contributed by atoms with Crippen molar-refractivity contribution in [2.24, 2.45) is 0 Å². The molecule has 1 heterocycles. The minimum atomic E-state index is 0.229. The Kier molecular flexibility index (Phi) is 3.95. The van der Waals surface area contributed by atoms with Crippen LogP contribution in [-0.4, -0.2) is 17.8 Å². The number of rotatable bonds is 3. The summed E-state index contributed by atoms with van der Waals surface area (Å²) in [4.78, 5) is 0. The Morgan fingerprint density at radius 1 is 1.25 bits per heavy atom. The van der Waals surface area contributed by atoms with Crippen molar-refractivity contribution in [2.45, 2.75) is 20.8 Å². The molecule has 0 amide bonds. The van der Waals surface area contributed by atoms with E-state index in [4.69, 9.17) is 12.7 Å². The second kappa shape index (κ2) is 5.66. The van der Waals surface area contributed by atoms with Gasteiger partial charge in [-0.15, -0.1) is 0 Å². The van der Waals surface area contributed by atoms with Crippen molar-refractivity contribution in [1.29, 1.82) is 5.26 Å². The van der Waals surface area contributed by atoms with Gasteiger partial charge < -0.3 is 4.65 Å². The number of benzene rings is 1. The van der Waals surface area contributed by atoms with Crippen molar-refractivity contribution in [3.8, 4) is 6.07 Å². The summed E-state index contributed by atoms with van der Waals surface area (Å²) >= 11 is 0. The maximum Gasteiger partial charge on any atom is 0.376 e. The summed E-state index contributed by atoms with van der Waals surface area (Å²) in [7, 11) is 5.38. The van der Waals surface area contributed by atoms with Gasteiger partial charge in [-0.1, -0.05) is 30.3 Å². The molecule has 0 aliphatic rings. The minimum Gasteiger partial charge on any atom is -0.554 e. The van der Waals surface area contributed by atoms with Crippen LogP contribution in [0.1, 0.15) is 22.5 Å². The van der Waals surface area contributed by atoms with Crippen molar-refractivity contribution < 1.29 is 4.65 Å². The third-order valence-electron chi connectivity index (χ3n) is 3.35. The average molecular weight is 263 g/mol. The van der Waals surface area contributed by atoms with Crippen LogP contribution < -0.4 is 0 Å². The number of aryl methyl sites for hydroxylation is 1. The molecule has 98 valence electrons. The summed E-state index contributed by atoms with van der Waals surface area (Å²) < 4.78 is 6.52. The van der Waals surface area contributed by atoms with Gasteiger partial charge in [0, 0.05) is 5.69 Å². The molecule has 0 aliphatic heterocycles. The molecule has 0 fully saturated rings. The van der Waals surface area contributed by atoms with Gasteiger partial charge in [0.15, 0.2) is 0 Å². The van der Waals surface area contributed by atoms with Crippen LogP contribution in [-0.2, 0) is 4.65 Å². The van der Waals surface area contributed by atoms with E-state index < -0.39 is 0 Å². The number of aromatic nitrogens is 2. The molecule has 0 atom stereocenters. The molecule has 2 rings (SSSR count). The molecule has 0 aliphatic carbocycles. The largest absolute Gasteiger partial charge is 0.554 e. The van der Waals surface area contributed by atoms with E-state index in [1.54, 1.807) is 4.68 Å². The maximum absolute atomic E-state index is 9.42. The Morgan fingerprint density at radius 3 is 2.35 bits per heavy atom. The fourth-order valence-electron chi connectivity index (χ4n) is 1.97. The molecule has 20 heavy (non-hydrogen) atoms. The lowest BCUT2D eigenvalue weighted by atomic mass is 10.1. The first-order valence-corrected chi connectivity index (χ1v) is 6.19. The second-order valence-electron chi connectivity index (χ2n) is 4.48. The van der Waals surface area contributed by atoms with E-state index in [1.165, 1.54) is 0 Å². The molecule has 0 bridgehead atoms. The molecule has 0 spiro atoms. The first-order chi connectivity index (χ1) is 9.60. The van der Waals surface area contributed by atoms with Crippen LogP contribution in [0, 0.1) is 32.1 Å². The summed E-state index contributed by atoms with van der Waals surface area (Å²) in [6.07, 6.45) is 0. The molecule has 2 aromatic rings. The Balaban J connectivity index is 2.68. The number of hydrogen-bond donors (Lipinski definition) is 0. The van der Waals surface area contributed by atoms with Gasteiger partial charge >= 0.3 is 8.05 Å². The third kappa shape index (κ3) is 2.33. The molecule has 0 saturated heterocycles. The van der Waals surface area contributed by atoms with E-state index in [0.717, 1.165) is 22.5 Å². The second-order valence-corrected chi connectivity index (χ2v) is 4.48. The topological polar surface area (TPSA) is 50.8 Å². The van der Waals surface area contributed by atoms with Gasteiger partial charge in [-0.05, 0) is 31.9 Å². The average Bonchev–Trinajstić information content (AvgIpc) is 2.73. The monoisotopic (exact) mass is 263 g/mol. The van der Waals surface area contributed by atoms with Gasteiger partial charge in [0.1, 0.15) is 11.6 Å². The van der Waals surface area contributed by atoms with Gasteiger partial charge in [0.05, 0.1) is 5.69 Å². The van der Waals surface area contributed by atoms with Gasteiger partial charge in [-0.25, -0.2) is 4.68 Å². The minimum absolute atomic E-state index is 0.229. The van der Waals surface area contributed by atoms with Crippen LogP contribution in [0.5, 0.6) is 0 Å². The van der Waals surface area contributed by atoms with Crippen molar-refractivity contribution in [3.63, 3.8) is 0 Å². The van der Waals surface area contributed by atoms with E-state index in [-0.39, 0.29) is 5.88 Å². The van der Waals surface area contributed by atoms with Crippen molar-refractivity contribution in [2.75, 3.05) is 0 Å². The van der Waals surface area contributed by atoms with Crippen LogP contribution in [0.25, 0.3) is 11.5 Å². The maximum atomic E-state index is 9.42. The van der Waals surface area contributed by atoms with E-state index in [2.05, 4.69) is 11.2 Å². The molecule has 4 nitrogen and oxygen atoms in total. The van der Waals surface area contributed by atoms with Gasteiger partial charge in [0.2, 0.25) is 5.88 Å². The lowest BCUT2D eigenvalue weighted by Gasteiger charge is -2.12. The Bertz CT molecular complexity index is 696. The predicted molar refractivity (Wildman–Crippen MR) is 78.4 cm³/mol. The zero-order valence-electron chi connectivity index (χ0n) is 11.7. The third-order valence-corrected chi connectivity index (χ3v) is 3.35. The Hall–Kier alpha value is -2.48. The van der Waals surface area contributed by atoms with Crippen molar-refractivity contribution in [1.82, 2.24) is 9.78 Å². The summed E-state index contributed by atoms with van der Waals surface area (Å²) in [5.41, 5.74) is 3.90. The van der Waals surface area contributed by atoms with Crippen LogP contribution in [0.15, 0.2) is 30.3 Å². The van der Waals surface area contributed by atoms with Gasteiger partial charge in [-0.2, -0.15) is 10.4 Å². The molecule has 2 radical (unpaired) electrons. The summed E-state index contributed by atoms with van der Waals surface area (Å²) in [5, 5.41) is 13.8. The SMILES string of the molecule is [B]O/C(=C(/C#N)c1ccccc1)n1nc(C)c(C)c1C. The highest BCUT2D eigenvalue weighted by Crippen LogP contribution is 2.24. The van der Waals surface area contributed by atoms with Crippen LogP contribution in [0.3, 0.4) is 0 Å². The standard InChI is InChI=1S/C15H14BN3O/c1-10-11(2)18-19(12(10)3)15(20-16)14(9-17)13-7-5-4-6-8-13/h4-8H,1-3H3/b15-14-. The number of nitriles is 1. The summed E-state index contributed by atoms with van der Waals surface area (Å²) in [6.45, 7) is 5.78. The van der Waals surface area contributed by atoms with Crippen molar-refractivity contribution in [3.05, 3.63) is 52.8 Å². The number of allylic oxidation sites excluding steroid dienone is 1. The molecule has 1 aromatic heterocycles. The highest BCUT2D eigenvalue weighted by molar-refractivity contribution is 6.04. The molecule has 0 saturated carbocycles. The lowest BCUT2D eigenvalue weighted by Crippen LogP contribution is -2.07. The van der Waals surface area contributed by atoms with Crippen LogP contribution >= 0.6 is 0 Å². The number of nitrogens with zero attached hydrogens (tertiary/aromatic N) is 3. The quantitative estimate of drug-likeness (QED) is 0.486. The van der Waals surface area contributed by atoms with E-state index in [0.29, 0.717) is 5.57 Å². The molecule has 0 unspecified atom stereocenters. The highest BCUT2D eigenvalue weighted by atomic mass is 16.4. The van der Waals surface area contributed by atoms with Crippen LogP contribution in [0.4, 0.5) is 0 Å². The van der Waals surface area contributed by atoms with Gasteiger partial charge in [-0.3, -0.25) is 0 Å². The van der Waals surface area contributed by atoms with E-state index in [1.807, 2.05) is 51.1 Å². The first kappa shape index (κ1) is 13.9. The van der Waals surface area contributed by atoms with E-state index >= 15 is 0 Å². The number of hydrogen-bond acceptors (Lipinski definition) is 3. The predicted octanol–water partition coefficient (Wildman–Crippen LogP) is 2.76. The molecular weight excluding hydrogens is 249 g/mol. The van der Waals surface area contributed by atoms with Crippen LogP contribution in [0.2, 0.25) is 0 Å². The van der Waals surface area contributed by atoms with Crippen molar-refractivity contribution >= 4 is 19.5 Å². The Labute approximate surface area is 119 Å². The Morgan fingerprint density at radius 2 is 1.90 bits per heavy atom. The molecule has 5 heteroatoms.